The maximum absolute atomic E-state index is 13.9. The third kappa shape index (κ3) is 6.38. The maximum atomic E-state index is 13.9. The van der Waals surface area contributed by atoms with Gasteiger partial charge >= 0.3 is 5.92 Å². The number of hydrogen-bond acceptors (Lipinski definition) is 4. The van der Waals surface area contributed by atoms with Gasteiger partial charge in [0.2, 0.25) is 5.92 Å². The standard InChI is InChI=1S/C22H26F4N4O2/c23-21(24)12-10-20(32,11-13-21)18-16-30(29-28-18)15-5-4-14-27-19(31)22(25,26)9-8-17-6-2-1-3-7-17/h1-3,6-9,16,32H,4-5,10-15H2,(H,27,31)/b9-8+. The van der Waals surface area contributed by atoms with Crippen molar-refractivity contribution in [3.8, 4) is 0 Å². The molecule has 6 nitrogen and oxygen atoms in total. The van der Waals surface area contributed by atoms with Crippen LogP contribution >= 0.6 is 0 Å². The van der Waals surface area contributed by atoms with Crippen molar-refractivity contribution in [3.05, 3.63) is 53.9 Å². The Balaban J connectivity index is 1.39. The molecule has 0 bridgehead atoms. The lowest BCUT2D eigenvalue weighted by Crippen LogP contribution is -2.39. The number of halogens is 4. The normalized spacial score (nSPS) is 18.0. The molecule has 0 aliphatic heterocycles. The zero-order valence-corrected chi connectivity index (χ0v) is 17.5. The molecular formula is C22H26F4N4O2. The van der Waals surface area contributed by atoms with E-state index >= 15 is 0 Å². The summed E-state index contributed by atoms with van der Waals surface area (Å²) >= 11 is 0. The summed E-state index contributed by atoms with van der Waals surface area (Å²) in [6, 6.07) is 8.50. The van der Waals surface area contributed by atoms with E-state index in [2.05, 4.69) is 15.6 Å². The number of aliphatic hydroxyl groups is 1. The van der Waals surface area contributed by atoms with E-state index in [1.54, 1.807) is 30.3 Å². The number of hydrogen-bond donors (Lipinski definition) is 2. The van der Waals surface area contributed by atoms with Gasteiger partial charge in [-0.1, -0.05) is 41.6 Å². The Kier molecular flexibility index (Phi) is 7.33. The summed E-state index contributed by atoms with van der Waals surface area (Å²) < 4.78 is 56.0. The fourth-order valence-corrected chi connectivity index (χ4v) is 3.47. The van der Waals surface area contributed by atoms with Gasteiger partial charge < -0.3 is 10.4 Å². The summed E-state index contributed by atoms with van der Waals surface area (Å²) in [5.41, 5.74) is -0.586. The highest BCUT2D eigenvalue weighted by Crippen LogP contribution is 2.42. The molecule has 1 aliphatic carbocycles. The van der Waals surface area contributed by atoms with Crippen LogP contribution in [0.1, 0.15) is 49.8 Å². The number of amides is 1. The third-order valence-electron chi connectivity index (χ3n) is 5.51. The van der Waals surface area contributed by atoms with E-state index in [-0.39, 0.29) is 25.1 Å². The summed E-state index contributed by atoms with van der Waals surface area (Å²) in [5.74, 6) is -7.76. The van der Waals surface area contributed by atoms with E-state index in [1.165, 1.54) is 17.0 Å². The minimum Gasteiger partial charge on any atom is -0.383 e. The number of nitrogens with zero attached hydrogens (tertiary/aromatic N) is 3. The zero-order valence-electron chi connectivity index (χ0n) is 17.5. The average Bonchev–Trinajstić information content (AvgIpc) is 3.25. The van der Waals surface area contributed by atoms with Gasteiger partial charge in [-0.15, -0.1) is 5.10 Å². The summed E-state index contributed by atoms with van der Waals surface area (Å²) in [5, 5.41) is 20.6. The summed E-state index contributed by atoms with van der Waals surface area (Å²) in [6.45, 7) is 0.452. The summed E-state index contributed by atoms with van der Waals surface area (Å²) in [7, 11) is 0. The number of nitrogens with one attached hydrogen (secondary N) is 1. The number of alkyl halides is 4. The lowest BCUT2D eigenvalue weighted by atomic mass is 9.81. The number of aryl methyl sites for hydroxylation is 1. The van der Waals surface area contributed by atoms with Crippen LogP contribution in [0, 0.1) is 0 Å². The van der Waals surface area contributed by atoms with E-state index in [9.17, 15) is 27.5 Å². The van der Waals surface area contributed by atoms with E-state index < -0.39 is 36.2 Å². The van der Waals surface area contributed by atoms with Crippen LogP contribution in [0.15, 0.2) is 42.6 Å². The largest absolute Gasteiger partial charge is 0.383 e. The van der Waals surface area contributed by atoms with Gasteiger partial charge in [-0.3, -0.25) is 9.48 Å². The van der Waals surface area contributed by atoms with Gasteiger partial charge in [0.15, 0.2) is 0 Å². The molecule has 0 saturated heterocycles. The van der Waals surface area contributed by atoms with Gasteiger partial charge in [-0.05, 0) is 37.3 Å². The molecule has 1 aromatic heterocycles. The molecule has 3 rings (SSSR count). The van der Waals surface area contributed by atoms with Crippen molar-refractivity contribution in [1.29, 1.82) is 0 Å². The average molecular weight is 454 g/mol. The molecule has 1 amide bonds. The monoisotopic (exact) mass is 454 g/mol. The van der Waals surface area contributed by atoms with Gasteiger partial charge in [-0.25, -0.2) is 8.78 Å². The predicted molar refractivity (Wildman–Crippen MR) is 110 cm³/mol. The Morgan fingerprint density at radius 1 is 1.16 bits per heavy atom. The van der Waals surface area contributed by atoms with E-state index in [1.807, 2.05) is 0 Å². The second-order valence-corrected chi connectivity index (χ2v) is 8.08. The topological polar surface area (TPSA) is 80.0 Å². The second kappa shape index (κ2) is 9.81. The second-order valence-electron chi connectivity index (χ2n) is 8.08. The Labute approximate surface area is 183 Å². The molecular weight excluding hydrogens is 428 g/mol. The minimum atomic E-state index is -3.62. The van der Waals surface area contributed by atoms with E-state index in [0.29, 0.717) is 31.0 Å². The fourth-order valence-electron chi connectivity index (χ4n) is 3.47. The van der Waals surface area contributed by atoms with Gasteiger partial charge in [-0.2, -0.15) is 8.78 Å². The number of unbranched alkanes of at least 4 members (excludes halogenated alkanes) is 1. The van der Waals surface area contributed by atoms with Gasteiger partial charge in [0.1, 0.15) is 11.3 Å². The van der Waals surface area contributed by atoms with Gasteiger partial charge in [0, 0.05) is 25.9 Å². The molecule has 1 aromatic carbocycles. The fraction of sp³-hybridized carbons (Fsp3) is 0.500. The number of carbonyl (C=O) groups excluding carboxylic acids is 1. The molecule has 0 radical (unpaired) electrons. The van der Waals surface area contributed by atoms with Crippen molar-refractivity contribution < 1.29 is 27.5 Å². The lowest BCUT2D eigenvalue weighted by molar-refractivity contribution is -0.139. The first-order valence-electron chi connectivity index (χ1n) is 10.5. The minimum absolute atomic E-state index is 0.0637. The van der Waals surface area contributed by atoms with Crippen molar-refractivity contribution >= 4 is 12.0 Å². The molecule has 0 atom stereocenters. The van der Waals surface area contributed by atoms with Crippen LogP contribution in [0.25, 0.3) is 6.08 Å². The first-order valence-corrected chi connectivity index (χ1v) is 10.5. The highest BCUT2D eigenvalue weighted by Gasteiger charge is 2.44. The summed E-state index contributed by atoms with van der Waals surface area (Å²) in [6.07, 6.45) is 3.26. The Morgan fingerprint density at radius 2 is 1.84 bits per heavy atom. The Hall–Kier alpha value is -2.75. The SMILES string of the molecule is O=C(NCCCCn1cc(C2(O)CCC(F)(F)CC2)nn1)C(F)(F)/C=C/c1ccccc1. The van der Waals surface area contributed by atoms with Crippen LogP contribution in [0.2, 0.25) is 0 Å². The van der Waals surface area contributed by atoms with Gasteiger partial charge in [0.05, 0.1) is 6.20 Å². The van der Waals surface area contributed by atoms with Crippen molar-refractivity contribution in [3.63, 3.8) is 0 Å². The smallest absolute Gasteiger partial charge is 0.343 e. The van der Waals surface area contributed by atoms with Crippen LogP contribution in [-0.2, 0) is 16.9 Å². The van der Waals surface area contributed by atoms with Crippen LogP contribution in [0.3, 0.4) is 0 Å². The zero-order chi connectivity index (χ0) is 23.2. The molecule has 2 aromatic rings. The maximum Gasteiger partial charge on any atom is 0.343 e. The van der Waals surface area contributed by atoms with Crippen LogP contribution in [-0.4, -0.2) is 44.4 Å². The van der Waals surface area contributed by atoms with Crippen LogP contribution < -0.4 is 5.32 Å². The predicted octanol–water partition coefficient (Wildman–Crippen LogP) is 3.92. The summed E-state index contributed by atoms with van der Waals surface area (Å²) in [4.78, 5) is 11.8. The van der Waals surface area contributed by atoms with Crippen LogP contribution in [0.4, 0.5) is 17.6 Å². The Bertz CT molecular complexity index is 921. The molecule has 1 heterocycles. The highest BCUT2D eigenvalue weighted by molar-refractivity contribution is 5.86. The lowest BCUT2D eigenvalue weighted by Gasteiger charge is -2.34. The molecule has 32 heavy (non-hydrogen) atoms. The highest BCUT2D eigenvalue weighted by atomic mass is 19.3. The van der Waals surface area contributed by atoms with E-state index in [4.69, 9.17) is 0 Å². The number of rotatable bonds is 9. The van der Waals surface area contributed by atoms with Crippen molar-refractivity contribution in [2.75, 3.05) is 6.54 Å². The molecule has 1 fully saturated rings. The number of carbonyl (C=O) groups is 1. The van der Waals surface area contributed by atoms with Gasteiger partial charge in [0.25, 0.3) is 5.91 Å². The first kappa shape index (κ1) is 23.9. The first-order chi connectivity index (χ1) is 15.1. The molecule has 10 heteroatoms. The molecule has 2 N–H and O–H groups in total. The number of aromatic nitrogens is 3. The quantitative estimate of drug-likeness (QED) is 0.445. The molecule has 1 saturated carbocycles. The van der Waals surface area contributed by atoms with Crippen LogP contribution in [0.5, 0.6) is 0 Å². The number of benzene rings is 1. The molecule has 174 valence electrons. The molecule has 0 unspecified atom stereocenters. The van der Waals surface area contributed by atoms with Crippen molar-refractivity contribution in [2.45, 2.75) is 62.5 Å². The third-order valence-corrected chi connectivity index (χ3v) is 5.51. The Morgan fingerprint density at radius 3 is 2.53 bits per heavy atom. The van der Waals surface area contributed by atoms with Crippen molar-refractivity contribution in [2.24, 2.45) is 0 Å². The molecule has 1 aliphatic rings. The van der Waals surface area contributed by atoms with Crippen molar-refractivity contribution in [1.82, 2.24) is 20.3 Å². The van der Waals surface area contributed by atoms with E-state index in [0.717, 1.165) is 0 Å². The molecule has 0 spiro atoms.